The Hall–Kier alpha value is 1.52. The molecule has 3 aromatic rings. The van der Waals surface area contributed by atoms with Gasteiger partial charge in [-0.25, -0.2) is 4.68 Å². The number of carbonyl (C=O) groups is 6. The first-order valence-electron chi connectivity index (χ1n) is 40.8. The number of hydrogen-bond acceptors (Lipinski definition) is 13. The van der Waals surface area contributed by atoms with Gasteiger partial charge in [-0.15, -0.1) is 10.9 Å². The number of aryl methyl sites for hydroxylation is 1. The molecule has 4 rings (SSSR count). The third kappa shape index (κ3) is 54.9. The molecule has 2 heterocycles. The number of Topliss-reactive ketones (excluding diaryl/α,β-unsaturated/α-hetero) is 1. The van der Waals surface area contributed by atoms with E-state index in [0.29, 0.717) is 56.7 Å². The van der Waals surface area contributed by atoms with E-state index in [9.17, 15) is 33.6 Å². The average Bonchev–Trinajstić information content (AvgIpc) is 1.74. The molecule has 0 unspecified atom stereocenters. The molecule has 3 amide bonds. The van der Waals surface area contributed by atoms with Crippen molar-refractivity contribution in [1.29, 1.82) is 0 Å². The minimum absolute atomic E-state index is 0. The average molecular weight is 1600 g/mol. The Morgan fingerprint density at radius 1 is 0.505 bits per heavy atom. The maximum absolute atomic E-state index is 13.3. The van der Waals surface area contributed by atoms with E-state index in [0.717, 1.165) is 111 Å². The summed E-state index contributed by atoms with van der Waals surface area (Å²) in [6.07, 6.45) is 55.1. The number of unbranched alkanes of at least 4 members (excludes halogenated alkanes) is 39. The van der Waals surface area contributed by atoms with Crippen molar-refractivity contribution in [1.82, 2.24) is 25.6 Å². The Morgan fingerprint density at radius 2 is 0.924 bits per heavy atom. The van der Waals surface area contributed by atoms with Crippen molar-refractivity contribution in [2.45, 2.75) is 381 Å². The van der Waals surface area contributed by atoms with Crippen molar-refractivity contribution in [2.24, 2.45) is 0 Å². The Kier molecular flexibility index (Phi) is 78.1. The summed E-state index contributed by atoms with van der Waals surface area (Å²) in [4.78, 5) is 89.0. The zero-order valence-corrected chi connectivity index (χ0v) is 82.1. The third-order valence-electron chi connectivity index (χ3n) is 19.1. The fourth-order valence-electron chi connectivity index (χ4n) is 13.2. The van der Waals surface area contributed by atoms with Crippen molar-refractivity contribution < 1.29 is 249 Å². The summed E-state index contributed by atoms with van der Waals surface area (Å²) in [7, 11) is 0. The third-order valence-corrected chi connectivity index (χ3v) is 20.6. The van der Waals surface area contributed by atoms with E-state index in [4.69, 9.17) is 22.1 Å². The van der Waals surface area contributed by atoms with Gasteiger partial charge in [0.1, 0.15) is 24.2 Å². The second-order valence-corrected chi connectivity index (χ2v) is 30.1. The van der Waals surface area contributed by atoms with Crippen molar-refractivity contribution in [3.05, 3.63) is 54.1 Å². The molecule has 0 saturated heterocycles. The fraction of sp³-hybridized carbons (Fsp3) is 0.750. The second-order valence-electron chi connectivity index (χ2n) is 28.7. The number of nitrogens with one attached hydrogen (secondary N) is 2. The number of carbonyl (C=O) groups excluding carboxylic acids is 7. The number of fused-ring (bicyclic) bond motifs is 5. The van der Waals surface area contributed by atoms with E-state index in [1.165, 1.54) is 204 Å². The van der Waals surface area contributed by atoms with Crippen LogP contribution in [0.2, 0.25) is 0 Å². The number of amides is 3. The molecular weight excluding hydrogens is 1460 g/mol. The minimum Gasteiger partial charge on any atom is -0.785 e. The van der Waals surface area contributed by atoms with Crippen LogP contribution < -0.4 is 221 Å². The number of anilines is 1. The van der Waals surface area contributed by atoms with Crippen LogP contribution in [0.3, 0.4) is 0 Å². The van der Waals surface area contributed by atoms with Crippen molar-refractivity contribution >= 4 is 71.8 Å². The molecule has 2 N–H and O–H groups in total. The van der Waals surface area contributed by atoms with Crippen LogP contribution in [-0.2, 0) is 68.8 Å². The molecule has 0 radical (unpaired) electrons. The SMILES string of the molecule is CC(C)NC(=O)CCCCCn1nnc2c1-c1ccccc1CN(C(=O)CCC[C-]=O)c1ccccc1-2.CCCCCCCCCCCCCCCC(=O)N[C@@H](CSC[C@H](COC(=O)CCCCCCCCCCCCCCC)OC(=O)CCCCCCCCCCCCCCC)C(=O)C[S-].[K+].[K+].[K+].[K+]. The topological polar surface area (TPSA) is 196 Å². The number of hydrogen-bond donors (Lipinski definition) is 2. The molecule has 1 aromatic heterocycles. The Morgan fingerprint density at radius 3 is 1.39 bits per heavy atom. The molecule has 0 bridgehead atoms. The molecule has 0 fully saturated rings. The van der Waals surface area contributed by atoms with Crippen LogP contribution in [0.5, 0.6) is 0 Å². The second kappa shape index (κ2) is 75.6. The largest absolute Gasteiger partial charge is 1.00 e. The molecule has 1 aliphatic heterocycles. The van der Waals surface area contributed by atoms with Gasteiger partial charge in [-0.3, -0.25) is 35.1 Å². The Labute approximate surface area is 818 Å². The van der Waals surface area contributed by atoms with E-state index in [-0.39, 0.29) is 272 Å². The molecule has 2 atom stereocenters. The van der Waals surface area contributed by atoms with Crippen LogP contribution in [-0.4, -0.2) is 98.8 Å². The molecule has 0 saturated carbocycles. The number of ketones is 1. The summed E-state index contributed by atoms with van der Waals surface area (Å²) < 4.78 is 13.5. The van der Waals surface area contributed by atoms with Gasteiger partial charge in [0.25, 0.3) is 0 Å². The van der Waals surface area contributed by atoms with Gasteiger partial charge in [-0.2, -0.15) is 18.2 Å². The molecule has 0 aliphatic carbocycles. The van der Waals surface area contributed by atoms with Crippen LogP contribution >= 0.6 is 11.8 Å². The summed E-state index contributed by atoms with van der Waals surface area (Å²) in [6.45, 7) is 11.8. The number of ether oxygens (including phenoxy) is 2. The summed E-state index contributed by atoms with van der Waals surface area (Å²) >= 11 is 6.53. The molecule has 15 nitrogen and oxygen atoms in total. The number of nitrogens with zero attached hydrogens (tertiary/aromatic N) is 4. The first kappa shape index (κ1) is 109. The number of thioether (sulfide) groups is 1. The van der Waals surface area contributed by atoms with Crippen molar-refractivity contribution in [3.8, 4) is 22.5 Å². The zero-order valence-electron chi connectivity index (χ0n) is 68.0. The fourth-order valence-corrected chi connectivity index (χ4v) is 14.4. The predicted molar refractivity (Wildman–Crippen MR) is 422 cm³/mol. The van der Waals surface area contributed by atoms with E-state index >= 15 is 0 Å². The monoisotopic (exact) mass is 1590 g/mol. The van der Waals surface area contributed by atoms with Crippen LogP contribution in [0.1, 0.15) is 355 Å². The van der Waals surface area contributed by atoms with Gasteiger partial charge in [0, 0.05) is 67.3 Å². The first-order chi connectivity index (χ1) is 49.4. The van der Waals surface area contributed by atoms with E-state index in [1.54, 1.807) is 4.90 Å². The number of para-hydroxylation sites is 1. The zero-order chi connectivity index (χ0) is 73.0. The van der Waals surface area contributed by atoms with Gasteiger partial charge in [0.15, 0.2) is 0 Å². The van der Waals surface area contributed by atoms with Crippen LogP contribution in [0.15, 0.2) is 48.5 Å². The first-order valence-corrected chi connectivity index (χ1v) is 42.5. The predicted octanol–water partition coefficient (Wildman–Crippen LogP) is 9.06. The van der Waals surface area contributed by atoms with E-state index in [2.05, 4.69) is 47.8 Å². The number of benzene rings is 2. The maximum Gasteiger partial charge on any atom is 1.00 e. The number of aromatic nitrogens is 3. The Bertz CT molecular complexity index is 2670. The van der Waals surface area contributed by atoms with Gasteiger partial charge in [-0.1, -0.05) is 312 Å². The number of esters is 2. The molecule has 2 aromatic carbocycles. The van der Waals surface area contributed by atoms with Crippen molar-refractivity contribution in [2.75, 3.05) is 28.8 Å². The van der Waals surface area contributed by atoms with Crippen LogP contribution in [0.25, 0.3) is 22.5 Å². The Balaban J connectivity index is 0. The smallest absolute Gasteiger partial charge is 0.785 e. The molecule has 105 heavy (non-hydrogen) atoms. The van der Waals surface area contributed by atoms with Gasteiger partial charge >= 0.3 is 217 Å². The molecule has 572 valence electrons. The molecular formula is C84H138K4N6O9S2+2. The molecule has 1 aliphatic rings. The van der Waals surface area contributed by atoms with Gasteiger partial charge in [0.2, 0.25) is 17.7 Å². The molecule has 0 spiro atoms. The van der Waals surface area contributed by atoms with Crippen molar-refractivity contribution in [3.63, 3.8) is 0 Å². The summed E-state index contributed by atoms with van der Waals surface area (Å²) in [5.74, 6) is -0.139. The standard InChI is InChI=1S/C55H105NO6S2.C29H34N5O3.4K/c1-4-7-10-13-16-19-22-25-28-31-34-37-40-43-53(58)56-51(52(57)47-63)49-64-48-50(62-55(60)45-42-39-36-33-30-27-24-21-18-15-12-9-6-3)46-61-54(59)44-41-38-35-32-29-26-23-20-17-14-11-8-5-2;1-21(2)30-26(36)16-4-3-10-18-34-29-23-13-6-5-12-22(23)20-33(27(37)17-9-11-19-35)25-15-8-7-14-24(25)28(29)31-32-34;;;;/h50-51,63H,4-49H2,1-3H3,(H,56,58);5-8,12-15,21H,3-4,9-11,16-18,20H2,1-2H3,(H,30,36);;;;/q;-1;4*+1/p-1/t50-,51-;;;;;/m0...../s1. The summed E-state index contributed by atoms with van der Waals surface area (Å²) in [5.41, 5.74) is 5.37. The normalized spacial score (nSPS) is 11.8. The summed E-state index contributed by atoms with van der Waals surface area (Å²) in [6, 6.07) is 15.3. The van der Waals surface area contributed by atoms with E-state index < -0.39 is 12.1 Å². The molecule has 21 heteroatoms. The van der Waals surface area contributed by atoms with Gasteiger partial charge in [0.05, 0.1) is 24.0 Å². The summed E-state index contributed by atoms with van der Waals surface area (Å²) in [5, 5.41) is 15.0. The van der Waals surface area contributed by atoms with Gasteiger partial charge in [-0.05, 0) is 57.6 Å². The van der Waals surface area contributed by atoms with E-state index in [1.807, 2.05) is 67.3 Å². The minimum atomic E-state index is -0.683. The van der Waals surface area contributed by atoms with Gasteiger partial charge < -0.3 is 42.4 Å². The quantitative estimate of drug-likeness (QED) is 0.0179. The maximum atomic E-state index is 13.3. The van der Waals surface area contributed by atoms with Crippen LogP contribution in [0.4, 0.5) is 5.69 Å². The number of rotatable bonds is 63. The van der Waals surface area contributed by atoms with Crippen LogP contribution in [0, 0.1) is 0 Å².